The third-order valence-corrected chi connectivity index (χ3v) is 4.17. The molecular weight excluding hydrogens is 371 g/mol. The number of ketones is 2. The Kier molecular flexibility index (Phi) is 4.94. The van der Waals surface area contributed by atoms with E-state index in [1.807, 2.05) is 0 Å². The van der Waals surface area contributed by atoms with E-state index in [9.17, 15) is 22.8 Å². The van der Waals surface area contributed by atoms with Crippen LogP contribution in [0.4, 0.5) is 13.2 Å². The van der Waals surface area contributed by atoms with Crippen LogP contribution < -0.4 is 0 Å². The van der Waals surface area contributed by atoms with Gasteiger partial charge in [-0.2, -0.15) is 13.2 Å². The molecular formula is C16H10F3N3O3S. The Morgan fingerprint density at radius 2 is 1.85 bits per heavy atom. The number of furan rings is 1. The van der Waals surface area contributed by atoms with E-state index in [-0.39, 0.29) is 18.0 Å². The molecule has 2 aromatic heterocycles. The summed E-state index contributed by atoms with van der Waals surface area (Å²) in [4.78, 5) is 27.8. The van der Waals surface area contributed by atoms with Crippen LogP contribution in [0.5, 0.6) is 0 Å². The number of carbonyl (C=O) groups excluding carboxylic acids is 2. The average Bonchev–Trinajstić information content (AvgIpc) is 3.26. The van der Waals surface area contributed by atoms with E-state index in [0.717, 1.165) is 23.9 Å². The summed E-state index contributed by atoms with van der Waals surface area (Å²) < 4.78 is 43.1. The van der Waals surface area contributed by atoms with E-state index in [2.05, 4.69) is 15.2 Å². The molecule has 0 saturated carbocycles. The van der Waals surface area contributed by atoms with Gasteiger partial charge in [-0.3, -0.25) is 14.7 Å². The molecule has 0 aliphatic rings. The number of alkyl halides is 3. The Bertz CT molecular complexity index is 918. The van der Waals surface area contributed by atoms with Crippen LogP contribution in [-0.2, 0) is 17.4 Å². The van der Waals surface area contributed by atoms with E-state index >= 15 is 0 Å². The van der Waals surface area contributed by atoms with Gasteiger partial charge in [-0.05, 0) is 36.4 Å². The number of nitrogens with zero attached hydrogens (tertiary/aromatic N) is 2. The molecule has 0 saturated heterocycles. The number of aromatic nitrogens is 3. The highest BCUT2D eigenvalue weighted by Gasteiger charge is 2.30. The number of H-pyrrole nitrogens is 1. The molecule has 10 heteroatoms. The summed E-state index contributed by atoms with van der Waals surface area (Å²) in [6.45, 7) is 0. The number of halogens is 3. The maximum Gasteiger partial charge on any atom is 0.416 e. The Hall–Kier alpha value is -2.88. The van der Waals surface area contributed by atoms with Crippen molar-refractivity contribution < 1.29 is 27.2 Å². The zero-order chi connectivity index (χ0) is 18.7. The number of hydrogen-bond acceptors (Lipinski definition) is 6. The lowest BCUT2D eigenvalue weighted by Crippen LogP contribution is -2.17. The van der Waals surface area contributed by atoms with Crippen LogP contribution in [0.1, 0.15) is 21.9 Å². The van der Waals surface area contributed by atoms with Crippen LogP contribution in [0.15, 0.2) is 57.1 Å². The normalized spacial score (nSPS) is 11.5. The van der Waals surface area contributed by atoms with Crippen molar-refractivity contribution in [3.8, 4) is 0 Å². The second-order valence-corrected chi connectivity index (χ2v) is 6.17. The lowest BCUT2D eigenvalue weighted by Gasteiger charge is -2.06. The van der Waals surface area contributed by atoms with Gasteiger partial charge in [0, 0.05) is 4.90 Å². The standard InChI is InChI=1S/C16H10F3N3O3S/c17-16(18,19)9-1-4-11(5-2-9)26-13-6-3-10(25-13)7-12(23)14(24)15-20-8-21-22-15/h1-6,8H,7H2,(H,20,21,22). The second kappa shape index (κ2) is 7.16. The molecule has 0 aliphatic carbocycles. The van der Waals surface area contributed by atoms with Gasteiger partial charge in [0.2, 0.25) is 11.6 Å². The summed E-state index contributed by atoms with van der Waals surface area (Å²) in [6.07, 6.45) is -3.47. The van der Waals surface area contributed by atoms with Gasteiger partial charge in [-0.25, -0.2) is 4.98 Å². The molecule has 26 heavy (non-hydrogen) atoms. The van der Waals surface area contributed by atoms with Crippen molar-refractivity contribution in [2.24, 2.45) is 0 Å². The van der Waals surface area contributed by atoms with Gasteiger partial charge in [-0.1, -0.05) is 11.8 Å². The number of carbonyl (C=O) groups is 2. The van der Waals surface area contributed by atoms with Crippen LogP contribution in [0, 0.1) is 0 Å². The topological polar surface area (TPSA) is 88.9 Å². The predicted molar refractivity (Wildman–Crippen MR) is 83.7 cm³/mol. The van der Waals surface area contributed by atoms with Crippen LogP contribution >= 0.6 is 11.8 Å². The second-order valence-electron chi connectivity index (χ2n) is 5.10. The molecule has 1 N–H and O–H groups in total. The van der Waals surface area contributed by atoms with Crippen molar-refractivity contribution in [2.75, 3.05) is 0 Å². The number of nitrogens with one attached hydrogen (secondary N) is 1. The first-order valence-corrected chi connectivity index (χ1v) is 8.02. The zero-order valence-corrected chi connectivity index (χ0v) is 13.7. The molecule has 0 radical (unpaired) electrons. The van der Waals surface area contributed by atoms with Crippen LogP contribution in [0.3, 0.4) is 0 Å². The van der Waals surface area contributed by atoms with E-state index in [4.69, 9.17) is 4.42 Å². The van der Waals surface area contributed by atoms with Gasteiger partial charge < -0.3 is 4.42 Å². The largest absolute Gasteiger partial charge is 0.454 e. The van der Waals surface area contributed by atoms with Crippen molar-refractivity contribution >= 4 is 23.3 Å². The van der Waals surface area contributed by atoms with Crippen molar-refractivity contribution in [3.05, 3.63) is 59.9 Å². The highest BCUT2D eigenvalue weighted by Crippen LogP contribution is 2.33. The molecule has 2 heterocycles. The van der Waals surface area contributed by atoms with E-state index in [0.29, 0.717) is 9.99 Å². The molecule has 3 aromatic rings. The van der Waals surface area contributed by atoms with Gasteiger partial charge in [0.25, 0.3) is 5.78 Å². The molecule has 0 amide bonds. The quantitative estimate of drug-likeness (QED) is 0.519. The lowest BCUT2D eigenvalue weighted by atomic mass is 10.1. The molecule has 0 atom stereocenters. The highest BCUT2D eigenvalue weighted by atomic mass is 32.2. The molecule has 3 rings (SSSR count). The van der Waals surface area contributed by atoms with E-state index in [1.54, 1.807) is 6.07 Å². The zero-order valence-electron chi connectivity index (χ0n) is 12.9. The SMILES string of the molecule is O=C(Cc1ccc(Sc2ccc(C(F)(F)F)cc2)o1)C(=O)c1nc[nH]n1. The third-order valence-electron chi connectivity index (χ3n) is 3.24. The Labute approximate surface area is 148 Å². The molecule has 0 fully saturated rings. The van der Waals surface area contributed by atoms with E-state index in [1.165, 1.54) is 24.5 Å². The van der Waals surface area contributed by atoms with Crippen molar-refractivity contribution in [3.63, 3.8) is 0 Å². The first-order chi connectivity index (χ1) is 12.3. The first-order valence-electron chi connectivity index (χ1n) is 7.20. The third kappa shape index (κ3) is 4.20. The molecule has 6 nitrogen and oxygen atoms in total. The van der Waals surface area contributed by atoms with Gasteiger partial charge in [0.1, 0.15) is 12.1 Å². The predicted octanol–water partition coefficient (Wildman–Crippen LogP) is 3.56. The lowest BCUT2D eigenvalue weighted by molar-refractivity contribution is -0.137. The van der Waals surface area contributed by atoms with Crippen LogP contribution in [0.2, 0.25) is 0 Å². The van der Waals surface area contributed by atoms with Gasteiger partial charge >= 0.3 is 6.18 Å². The summed E-state index contributed by atoms with van der Waals surface area (Å²) in [5.41, 5.74) is -0.738. The minimum Gasteiger partial charge on any atom is -0.454 e. The Morgan fingerprint density at radius 3 is 2.46 bits per heavy atom. The molecule has 0 unspecified atom stereocenters. The molecule has 0 aliphatic heterocycles. The van der Waals surface area contributed by atoms with Crippen molar-refractivity contribution in [1.29, 1.82) is 0 Å². The number of Topliss-reactive ketones (excluding diaryl/α,β-unsaturated/α-hetero) is 2. The fourth-order valence-electron chi connectivity index (χ4n) is 2.02. The first kappa shape index (κ1) is 17.9. The van der Waals surface area contributed by atoms with Crippen LogP contribution in [0.25, 0.3) is 0 Å². The highest BCUT2D eigenvalue weighted by molar-refractivity contribution is 7.99. The number of aromatic amines is 1. The van der Waals surface area contributed by atoms with Gasteiger partial charge in [-0.15, -0.1) is 5.10 Å². The van der Waals surface area contributed by atoms with Gasteiger partial charge in [0.05, 0.1) is 12.0 Å². The number of rotatable bonds is 6. The monoisotopic (exact) mass is 381 g/mol. The molecule has 134 valence electrons. The summed E-state index contributed by atoms with van der Waals surface area (Å²) in [5.74, 6) is -1.53. The Balaban J connectivity index is 1.63. The van der Waals surface area contributed by atoms with E-state index < -0.39 is 23.3 Å². The summed E-state index contributed by atoms with van der Waals surface area (Å²) in [5, 5.41) is 6.27. The Morgan fingerprint density at radius 1 is 1.12 bits per heavy atom. The summed E-state index contributed by atoms with van der Waals surface area (Å²) in [6, 6.07) is 7.70. The number of benzene rings is 1. The summed E-state index contributed by atoms with van der Waals surface area (Å²) >= 11 is 1.10. The molecule has 0 bridgehead atoms. The average molecular weight is 381 g/mol. The van der Waals surface area contributed by atoms with Crippen LogP contribution in [-0.4, -0.2) is 26.7 Å². The van der Waals surface area contributed by atoms with Crippen molar-refractivity contribution in [2.45, 2.75) is 22.6 Å². The minimum absolute atomic E-state index is 0.221. The smallest absolute Gasteiger partial charge is 0.416 e. The van der Waals surface area contributed by atoms with Crippen molar-refractivity contribution in [1.82, 2.24) is 15.2 Å². The fourth-order valence-corrected chi connectivity index (χ4v) is 2.81. The minimum atomic E-state index is -4.39. The maximum absolute atomic E-state index is 12.5. The van der Waals surface area contributed by atoms with Gasteiger partial charge in [0.15, 0.2) is 5.09 Å². The molecule has 1 aromatic carbocycles. The fraction of sp³-hybridized carbons (Fsp3) is 0.125. The molecule has 0 spiro atoms. The summed E-state index contributed by atoms with van der Waals surface area (Å²) in [7, 11) is 0. The maximum atomic E-state index is 12.5. The number of hydrogen-bond donors (Lipinski definition) is 1.